The van der Waals surface area contributed by atoms with Gasteiger partial charge in [0.15, 0.2) is 0 Å². The van der Waals surface area contributed by atoms with Gasteiger partial charge in [-0.2, -0.15) is 0 Å². The lowest BCUT2D eigenvalue weighted by atomic mass is 10.1. The van der Waals surface area contributed by atoms with Crippen LogP contribution in [0, 0.1) is 6.92 Å². The van der Waals surface area contributed by atoms with E-state index in [4.69, 9.17) is 16.0 Å². The molecule has 5 heteroatoms. The van der Waals surface area contributed by atoms with Gasteiger partial charge in [-0.15, -0.1) is 12.4 Å². The number of hydrogen-bond donors (Lipinski definition) is 2. The summed E-state index contributed by atoms with van der Waals surface area (Å²) in [5.41, 5.74) is 3.68. The second kappa shape index (κ2) is 7.03. The maximum atomic E-state index is 6.09. The van der Waals surface area contributed by atoms with E-state index in [1.807, 2.05) is 30.3 Å². The SMILES string of the molecule is Cc1[nH]c2ccc(Cl)cc2c1CCNCc1ccco1.Cl. The first-order valence-corrected chi connectivity index (χ1v) is 7.11. The van der Waals surface area contributed by atoms with E-state index in [0.29, 0.717) is 0 Å². The fraction of sp³-hybridized carbons (Fsp3) is 0.250. The minimum absolute atomic E-state index is 0. The Bertz CT molecular complexity index is 704. The van der Waals surface area contributed by atoms with Crippen LogP contribution in [0.3, 0.4) is 0 Å². The van der Waals surface area contributed by atoms with Gasteiger partial charge in [0, 0.05) is 21.6 Å². The van der Waals surface area contributed by atoms with Crippen LogP contribution in [0.1, 0.15) is 17.0 Å². The fourth-order valence-corrected chi connectivity index (χ4v) is 2.69. The zero-order chi connectivity index (χ0) is 13.9. The van der Waals surface area contributed by atoms with Crippen LogP contribution in [0.5, 0.6) is 0 Å². The number of furan rings is 1. The highest BCUT2D eigenvalue weighted by Crippen LogP contribution is 2.25. The van der Waals surface area contributed by atoms with Crippen molar-refractivity contribution in [2.24, 2.45) is 0 Å². The van der Waals surface area contributed by atoms with Crippen molar-refractivity contribution in [2.45, 2.75) is 19.9 Å². The summed E-state index contributed by atoms with van der Waals surface area (Å²) in [5.74, 6) is 0.962. The van der Waals surface area contributed by atoms with Crippen molar-refractivity contribution in [2.75, 3.05) is 6.54 Å². The highest BCUT2D eigenvalue weighted by Gasteiger charge is 2.08. The molecule has 21 heavy (non-hydrogen) atoms. The number of H-pyrrole nitrogens is 1. The Kier molecular flexibility index (Phi) is 5.34. The standard InChI is InChI=1S/C16H17ClN2O.ClH/c1-11-14(6-7-18-10-13-3-2-8-20-13)15-9-12(17)4-5-16(15)19-11;/h2-5,8-9,18-19H,6-7,10H2,1H3;1H. The van der Waals surface area contributed by atoms with Crippen molar-refractivity contribution in [3.05, 3.63) is 58.6 Å². The Morgan fingerprint density at radius 2 is 2.14 bits per heavy atom. The van der Waals surface area contributed by atoms with Gasteiger partial charge in [-0.3, -0.25) is 0 Å². The number of aromatic nitrogens is 1. The molecule has 0 amide bonds. The summed E-state index contributed by atoms with van der Waals surface area (Å²) < 4.78 is 5.29. The van der Waals surface area contributed by atoms with Crippen LogP contribution >= 0.6 is 24.0 Å². The van der Waals surface area contributed by atoms with E-state index in [1.54, 1.807) is 6.26 Å². The van der Waals surface area contributed by atoms with Crippen molar-refractivity contribution in [3.8, 4) is 0 Å². The number of hydrogen-bond acceptors (Lipinski definition) is 2. The van der Waals surface area contributed by atoms with Crippen molar-refractivity contribution < 1.29 is 4.42 Å². The Morgan fingerprint density at radius 3 is 2.90 bits per heavy atom. The molecule has 0 saturated heterocycles. The molecule has 0 aliphatic carbocycles. The molecular weight excluding hydrogens is 307 g/mol. The molecule has 1 aromatic carbocycles. The summed E-state index contributed by atoms with van der Waals surface area (Å²) in [6.07, 6.45) is 2.66. The molecule has 0 radical (unpaired) electrons. The van der Waals surface area contributed by atoms with Crippen LogP contribution in [0.15, 0.2) is 41.0 Å². The molecular formula is C16H18Cl2N2O. The fourth-order valence-electron chi connectivity index (χ4n) is 2.51. The number of aryl methyl sites for hydroxylation is 1. The molecule has 3 rings (SSSR count). The van der Waals surface area contributed by atoms with Crippen LogP contribution in [0.4, 0.5) is 0 Å². The first-order valence-electron chi connectivity index (χ1n) is 6.74. The molecule has 3 nitrogen and oxygen atoms in total. The number of nitrogens with one attached hydrogen (secondary N) is 2. The first-order chi connectivity index (χ1) is 9.74. The number of halogens is 2. The lowest BCUT2D eigenvalue weighted by Gasteiger charge is -2.04. The van der Waals surface area contributed by atoms with Crippen LogP contribution < -0.4 is 5.32 Å². The Balaban J connectivity index is 0.00000161. The number of benzene rings is 1. The highest BCUT2D eigenvalue weighted by molar-refractivity contribution is 6.31. The highest BCUT2D eigenvalue weighted by atomic mass is 35.5. The number of fused-ring (bicyclic) bond motifs is 1. The summed E-state index contributed by atoms with van der Waals surface area (Å²) in [7, 11) is 0. The lowest BCUT2D eigenvalue weighted by molar-refractivity contribution is 0.484. The molecule has 0 spiro atoms. The Hall–Kier alpha value is -1.42. The molecule has 0 aliphatic rings. The summed E-state index contributed by atoms with van der Waals surface area (Å²) in [4.78, 5) is 3.40. The van der Waals surface area contributed by atoms with E-state index in [9.17, 15) is 0 Å². The first kappa shape index (κ1) is 16.0. The molecule has 0 fully saturated rings. The maximum Gasteiger partial charge on any atom is 0.117 e. The third kappa shape index (κ3) is 3.62. The summed E-state index contributed by atoms with van der Waals surface area (Å²) in [6, 6.07) is 9.86. The molecule has 0 bridgehead atoms. The van der Waals surface area contributed by atoms with E-state index < -0.39 is 0 Å². The second-order valence-corrected chi connectivity index (χ2v) is 5.36. The van der Waals surface area contributed by atoms with Gasteiger partial charge in [0.1, 0.15) is 5.76 Å². The smallest absolute Gasteiger partial charge is 0.117 e. The van der Waals surface area contributed by atoms with E-state index in [-0.39, 0.29) is 12.4 Å². The largest absolute Gasteiger partial charge is 0.468 e. The average Bonchev–Trinajstić information content (AvgIpc) is 3.03. The monoisotopic (exact) mass is 324 g/mol. The summed E-state index contributed by atoms with van der Waals surface area (Å²) in [5, 5.41) is 5.39. The third-order valence-electron chi connectivity index (χ3n) is 3.51. The van der Waals surface area contributed by atoms with Crippen LogP contribution in [0.2, 0.25) is 5.02 Å². The molecule has 0 atom stereocenters. The average molecular weight is 325 g/mol. The van der Waals surface area contributed by atoms with Crippen LogP contribution in [-0.4, -0.2) is 11.5 Å². The quantitative estimate of drug-likeness (QED) is 0.679. The zero-order valence-corrected chi connectivity index (χ0v) is 13.4. The van der Waals surface area contributed by atoms with Gasteiger partial charge < -0.3 is 14.7 Å². The lowest BCUT2D eigenvalue weighted by Crippen LogP contribution is -2.16. The van der Waals surface area contributed by atoms with Gasteiger partial charge in [-0.1, -0.05) is 11.6 Å². The minimum atomic E-state index is 0. The van der Waals surface area contributed by atoms with E-state index in [0.717, 1.165) is 35.8 Å². The number of aromatic amines is 1. The summed E-state index contributed by atoms with van der Waals surface area (Å²) in [6.45, 7) is 3.77. The predicted octanol–water partition coefficient (Wildman–Crippen LogP) is 4.48. The number of rotatable bonds is 5. The van der Waals surface area contributed by atoms with Gasteiger partial charge in [0.05, 0.1) is 12.8 Å². The molecule has 2 aromatic heterocycles. The molecule has 0 unspecified atom stereocenters. The van der Waals surface area contributed by atoms with Crippen LogP contribution in [0.25, 0.3) is 10.9 Å². The van der Waals surface area contributed by atoms with E-state index >= 15 is 0 Å². The topological polar surface area (TPSA) is 41.0 Å². The zero-order valence-electron chi connectivity index (χ0n) is 11.8. The predicted molar refractivity (Wildman–Crippen MR) is 89.4 cm³/mol. The molecule has 2 heterocycles. The van der Waals surface area contributed by atoms with Crippen molar-refractivity contribution in [1.29, 1.82) is 0 Å². The molecule has 3 aromatic rings. The van der Waals surface area contributed by atoms with Crippen molar-refractivity contribution in [3.63, 3.8) is 0 Å². The van der Waals surface area contributed by atoms with E-state index in [2.05, 4.69) is 17.2 Å². The molecule has 0 aliphatic heterocycles. The van der Waals surface area contributed by atoms with Crippen molar-refractivity contribution >= 4 is 34.9 Å². The normalized spacial score (nSPS) is 10.8. The Morgan fingerprint density at radius 1 is 1.29 bits per heavy atom. The van der Waals surface area contributed by atoms with E-state index in [1.165, 1.54) is 16.6 Å². The van der Waals surface area contributed by atoms with Gasteiger partial charge >= 0.3 is 0 Å². The molecule has 0 saturated carbocycles. The van der Waals surface area contributed by atoms with Crippen molar-refractivity contribution in [1.82, 2.24) is 10.3 Å². The maximum absolute atomic E-state index is 6.09. The molecule has 2 N–H and O–H groups in total. The second-order valence-electron chi connectivity index (χ2n) is 4.92. The van der Waals surface area contributed by atoms with Gasteiger partial charge in [0.25, 0.3) is 0 Å². The van der Waals surface area contributed by atoms with Gasteiger partial charge in [-0.25, -0.2) is 0 Å². The van der Waals surface area contributed by atoms with Crippen LogP contribution in [-0.2, 0) is 13.0 Å². The summed E-state index contributed by atoms with van der Waals surface area (Å²) >= 11 is 6.09. The van der Waals surface area contributed by atoms with Gasteiger partial charge in [-0.05, 0) is 55.8 Å². The Labute approximate surface area is 135 Å². The third-order valence-corrected chi connectivity index (χ3v) is 3.75. The van der Waals surface area contributed by atoms with Gasteiger partial charge in [0.2, 0.25) is 0 Å². The minimum Gasteiger partial charge on any atom is -0.468 e. The molecule has 112 valence electrons.